The first-order valence-corrected chi connectivity index (χ1v) is 5.14. The molecule has 1 aliphatic rings. The van der Waals surface area contributed by atoms with E-state index >= 15 is 0 Å². The second-order valence-corrected chi connectivity index (χ2v) is 4.70. The predicted octanol–water partition coefficient (Wildman–Crippen LogP) is 2.10. The molecule has 0 aromatic carbocycles. The van der Waals surface area contributed by atoms with Crippen LogP contribution in [0, 0.1) is 0 Å². The topological polar surface area (TPSA) is 32.3 Å². The number of halogens is 1. The van der Waals surface area contributed by atoms with E-state index in [9.17, 15) is 4.79 Å². The lowest BCUT2D eigenvalue weighted by Crippen LogP contribution is -2.24. The molecule has 1 fully saturated rings. The first-order chi connectivity index (χ1) is 6.18. The van der Waals surface area contributed by atoms with Gasteiger partial charge in [-0.2, -0.15) is 0 Å². The Bertz CT molecular complexity index is 339. The molecular weight excluding hydrogens is 208 g/mol. The smallest absolute Gasteiger partial charge is 0.317 e. The van der Waals surface area contributed by atoms with E-state index in [-0.39, 0.29) is 12.1 Å². The van der Waals surface area contributed by atoms with Gasteiger partial charge >= 0.3 is 6.03 Å². The van der Waals surface area contributed by atoms with E-state index in [0.29, 0.717) is 6.54 Å². The maximum absolute atomic E-state index is 11.2. The zero-order valence-electron chi connectivity index (χ0n) is 7.08. The number of likely N-dealkylation sites (N-methyl/N-ethyl adjacent to an activating group) is 1. The summed E-state index contributed by atoms with van der Waals surface area (Å²) >= 11 is 7.34. The van der Waals surface area contributed by atoms with Gasteiger partial charge in [-0.1, -0.05) is 11.6 Å². The zero-order valence-corrected chi connectivity index (χ0v) is 8.65. The van der Waals surface area contributed by atoms with Crippen LogP contribution in [0.2, 0.25) is 4.34 Å². The fourth-order valence-corrected chi connectivity index (χ4v) is 2.59. The minimum atomic E-state index is -0.0190. The average Bonchev–Trinajstić information content (AvgIpc) is 2.62. The van der Waals surface area contributed by atoms with E-state index in [1.165, 1.54) is 11.3 Å². The summed E-state index contributed by atoms with van der Waals surface area (Å²) < 4.78 is 0.766. The van der Waals surface area contributed by atoms with Gasteiger partial charge in [-0.3, -0.25) is 0 Å². The Morgan fingerprint density at radius 1 is 1.69 bits per heavy atom. The van der Waals surface area contributed by atoms with Gasteiger partial charge < -0.3 is 10.2 Å². The summed E-state index contributed by atoms with van der Waals surface area (Å²) in [6.45, 7) is 0.673. The molecule has 0 bridgehead atoms. The van der Waals surface area contributed by atoms with Gasteiger partial charge in [0.05, 0.1) is 10.4 Å². The van der Waals surface area contributed by atoms with Crippen LogP contribution in [-0.2, 0) is 0 Å². The summed E-state index contributed by atoms with van der Waals surface area (Å²) in [6, 6.07) is 3.95. The van der Waals surface area contributed by atoms with Crippen molar-refractivity contribution in [1.29, 1.82) is 0 Å². The van der Waals surface area contributed by atoms with E-state index in [0.717, 1.165) is 9.21 Å². The molecule has 1 unspecified atom stereocenters. The Labute approximate surface area is 85.3 Å². The number of hydrogen-bond acceptors (Lipinski definition) is 2. The third-order valence-corrected chi connectivity index (χ3v) is 3.49. The molecule has 0 aliphatic carbocycles. The molecule has 2 rings (SSSR count). The van der Waals surface area contributed by atoms with E-state index in [1.54, 1.807) is 11.9 Å². The van der Waals surface area contributed by atoms with Gasteiger partial charge in [0.15, 0.2) is 0 Å². The van der Waals surface area contributed by atoms with Crippen LogP contribution in [0.3, 0.4) is 0 Å². The molecule has 1 atom stereocenters. The fourth-order valence-electron chi connectivity index (χ4n) is 1.39. The molecule has 1 aromatic heterocycles. The minimum Gasteiger partial charge on any atom is -0.336 e. The molecule has 2 heterocycles. The maximum Gasteiger partial charge on any atom is 0.317 e. The van der Waals surface area contributed by atoms with E-state index in [1.807, 2.05) is 12.1 Å². The largest absolute Gasteiger partial charge is 0.336 e. The molecule has 1 N–H and O–H groups in total. The summed E-state index contributed by atoms with van der Waals surface area (Å²) in [5.74, 6) is 0. The maximum atomic E-state index is 11.2. The van der Waals surface area contributed by atoms with Crippen molar-refractivity contribution in [3.8, 4) is 0 Å². The van der Waals surface area contributed by atoms with Gasteiger partial charge in [-0.05, 0) is 12.1 Å². The fraction of sp³-hybridized carbons (Fsp3) is 0.375. The van der Waals surface area contributed by atoms with Crippen molar-refractivity contribution in [2.45, 2.75) is 6.04 Å². The van der Waals surface area contributed by atoms with Gasteiger partial charge in [-0.15, -0.1) is 11.3 Å². The van der Waals surface area contributed by atoms with Crippen LogP contribution in [0.4, 0.5) is 4.79 Å². The number of carbonyl (C=O) groups excluding carboxylic acids is 1. The molecule has 0 radical (unpaired) electrons. The minimum absolute atomic E-state index is 0.0190. The summed E-state index contributed by atoms with van der Waals surface area (Å²) in [7, 11) is 1.79. The highest BCUT2D eigenvalue weighted by Crippen LogP contribution is 2.31. The molecule has 3 nitrogen and oxygen atoms in total. The SMILES string of the molecule is CN1C(=O)NCC1c1ccc(Cl)s1. The van der Waals surface area contributed by atoms with Crippen molar-refractivity contribution in [2.75, 3.05) is 13.6 Å². The lowest BCUT2D eigenvalue weighted by atomic mass is 10.2. The molecule has 70 valence electrons. The van der Waals surface area contributed by atoms with Crippen molar-refractivity contribution < 1.29 is 4.79 Å². The van der Waals surface area contributed by atoms with Crippen LogP contribution < -0.4 is 5.32 Å². The third-order valence-electron chi connectivity index (χ3n) is 2.16. The van der Waals surface area contributed by atoms with Crippen LogP contribution in [0.5, 0.6) is 0 Å². The molecule has 0 saturated carbocycles. The van der Waals surface area contributed by atoms with Crippen molar-refractivity contribution in [1.82, 2.24) is 10.2 Å². The van der Waals surface area contributed by atoms with Gasteiger partial charge in [0.25, 0.3) is 0 Å². The predicted molar refractivity (Wildman–Crippen MR) is 53.2 cm³/mol. The van der Waals surface area contributed by atoms with Gasteiger partial charge in [0, 0.05) is 18.5 Å². The van der Waals surface area contributed by atoms with Crippen molar-refractivity contribution in [3.63, 3.8) is 0 Å². The Morgan fingerprint density at radius 3 is 2.92 bits per heavy atom. The first-order valence-electron chi connectivity index (χ1n) is 3.94. The lowest BCUT2D eigenvalue weighted by molar-refractivity contribution is 0.217. The van der Waals surface area contributed by atoms with Gasteiger partial charge in [-0.25, -0.2) is 4.79 Å². The molecule has 1 aliphatic heterocycles. The third kappa shape index (κ3) is 1.51. The van der Waals surface area contributed by atoms with Gasteiger partial charge in [0.1, 0.15) is 0 Å². The second kappa shape index (κ2) is 3.20. The van der Waals surface area contributed by atoms with Crippen LogP contribution in [-0.4, -0.2) is 24.5 Å². The monoisotopic (exact) mass is 216 g/mol. The molecule has 13 heavy (non-hydrogen) atoms. The van der Waals surface area contributed by atoms with E-state index < -0.39 is 0 Å². The van der Waals surface area contributed by atoms with E-state index in [4.69, 9.17) is 11.6 Å². The molecular formula is C8H9ClN2OS. The summed E-state index contributed by atoms with van der Waals surface area (Å²) in [5.41, 5.74) is 0. The number of rotatable bonds is 1. The van der Waals surface area contributed by atoms with Crippen molar-refractivity contribution >= 4 is 29.0 Å². The van der Waals surface area contributed by atoms with E-state index in [2.05, 4.69) is 5.32 Å². The second-order valence-electron chi connectivity index (χ2n) is 2.95. The van der Waals surface area contributed by atoms with Gasteiger partial charge in [0.2, 0.25) is 0 Å². The lowest BCUT2D eigenvalue weighted by Gasteiger charge is -2.15. The molecule has 2 amide bonds. The van der Waals surface area contributed by atoms with Crippen LogP contribution in [0.1, 0.15) is 10.9 Å². The number of nitrogens with zero attached hydrogens (tertiary/aromatic N) is 1. The number of urea groups is 1. The summed E-state index contributed by atoms with van der Waals surface area (Å²) in [5, 5.41) is 2.78. The number of carbonyl (C=O) groups is 1. The van der Waals surface area contributed by atoms with Crippen molar-refractivity contribution in [2.24, 2.45) is 0 Å². The molecule has 5 heteroatoms. The van der Waals surface area contributed by atoms with Crippen molar-refractivity contribution in [3.05, 3.63) is 21.3 Å². The number of thiophene rings is 1. The van der Waals surface area contributed by atoms with Crippen LogP contribution >= 0.6 is 22.9 Å². The van der Waals surface area contributed by atoms with Crippen LogP contribution in [0.15, 0.2) is 12.1 Å². The highest BCUT2D eigenvalue weighted by molar-refractivity contribution is 7.16. The molecule has 1 saturated heterocycles. The normalized spacial score (nSPS) is 22.2. The highest BCUT2D eigenvalue weighted by atomic mass is 35.5. The summed E-state index contributed by atoms with van der Waals surface area (Å²) in [6.07, 6.45) is 0. The Morgan fingerprint density at radius 2 is 2.46 bits per heavy atom. The Kier molecular flexibility index (Phi) is 2.17. The summed E-state index contributed by atoms with van der Waals surface area (Å²) in [4.78, 5) is 14.0. The Balaban J connectivity index is 2.23. The quantitative estimate of drug-likeness (QED) is 0.766. The molecule has 1 aromatic rings. The highest BCUT2D eigenvalue weighted by Gasteiger charge is 2.29. The number of nitrogens with one attached hydrogen (secondary N) is 1. The molecule has 0 spiro atoms. The standard InChI is InChI=1S/C8H9ClN2OS/c1-11-5(4-10-8(11)12)6-2-3-7(9)13-6/h2-3,5H,4H2,1H3,(H,10,12). The zero-order chi connectivity index (χ0) is 9.42. The van der Waals surface area contributed by atoms with Crippen LogP contribution in [0.25, 0.3) is 0 Å². The number of amides is 2. The first kappa shape index (κ1) is 8.84. The average molecular weight is 217 g/mol. The Hall–Kier alpha value is -0.740. The number of hydrogen-bond donors (Lipinski definition) is 1.